The van der Waals surface area contributed by atoms with E-state index in [-0.39, 0.29) is 11.7 Å². The minimum absolute atomic E-state index is 0.163. The number of hydrogen-bond donors (Lipinski definition) is 2. The third-order valence-electron chi connectivity index (χ3n) is 4.24. The molecule has 2 aromatic carbocycles. The van der Waals surface area contributed by atoms with Crippen LogP contribution in [0.4, 0.5) is 0 Å². The van der Waals surface area contributed by atoms with Gasteiger partial charge >= 0.3 is 5.97 Å². The number of nitrogens with one attached hydrogen (secondary N) is 1. The molecule has 0 amide bonds. The fourth-order valence-electron chi connectivity index (χ4n) is 3.04. The lowest BCUT2D eigenvalue weighted by Crippen LogP contribution is -2.23. The Kier molecular flexibility index (Phi) is 5.56. The van der Waals surface area contributed by atoms with E-state index in [4.69, 9.17) is 9.47 Å². The maximum absolute atomic E-state index is 11.0. The highest BCUT2D eigenvalue weighted by molar-refractivity contribution is 5.71. The van der Waals surface area contributed by atoms with Crippen LogP contribution in [0.2, 0.25) is 0 Å². The summed E-state index contributed by atoms with van der Waals surface area (Å²) in [6.45, 7) is 3.07. The Morgan fingerprint density at radius 3 is 2.64 bits per heavy atom. The summed E-state index contributed by atoms with van der Waals surface area (Å²) in [7, 11) is 0. The van der Waals surface area contributed by atoms with Gasteiger partial charge in [0.2, 0.25) is 0 Å². The van der Waals surface area contributed by atoms with Crippen molar-refractivity contribution in [3.05, 3.63) is 42.5 Å². The molecule has 1 saturated heterocycles. The van der Waals surface area contributed by atoms with Gasteiger partial charge in [0.1, 0.15) is 17.2 Å². The van der Waals surface area contributed by atoms with Crippen LogP contribution in [0.1, 0.15) is 26.2 Å². The maximum Gasteiger partial charge on any atom is 0.308 e. The topological polar surface area (TPSA) is 67.8 Å². The molecule has 0 aliphatic carbocycles. The lowest BCUT2D eigenvalue weighted by Gasteiger charge is -2.13. The summed E-state index contributed by atoms with van der Waals surface area (Å²) in [5.41, 5.74) is 1.76. The van der Waals surface area contributed by atoms with Crippen LogP contribution in [0.3, 0.4) is 0 Å². The highest BCUT2D eigenvalue weighted by Gasteiger charge is 2.13. The number of benzene rings is 2. The highest BCUT2D eigenvalue weighted by Crippen LogP contribution is 2.30. The van der Waals surface area contributed by atoms with Crippen molar-refractivity contribution in [3.63, 3.8) is 0 Å². The monoisotopic (exact) mass is 341 g/mol. The van der Waals surface area contributed by atoms with Gasteiger partial charge in [-0.15, -0.1) is 0 Å². The number of aromatic hydroxyl groups is 1. The van der Waals surface area contributed by atoms with Crippen molar-refractivity contribution in [1.82, 2.24) is 5.32 Å². The van der Waals surface area contributed by atoms with Crippen molar-refractivity contribution in [1.29, 1.82) is 0 Å². The van der Waals surface area contributed by atoms with Crippen LogP contribution in [-0.4, -0.2) is 30.3 Å². The largest absolute Gasteiger partial charge is 0.508 e. The van der Waals surface area contributed by atoms with Crippen molar-refractivity contribution < 1.29 is 19.4 Å². The van der Waals surface area contributed by atoms with E-state index in [0.29, 0.717) is 24.1 Å². The molecule has 0 aromatic heterocycles. The molecule has 3 rings (SSSR count). The Morgan fingerprint density at radius 2 is 1.96 bits per heavy atom. The van der Waals surface area contributed by atoms with Gasteiger partial charge in [0, 0.05) is 19.0 Å². The number of rotatable bonds is 6. The smallest absolute Gasteiger partial charge is 0.308 e. The van der Waals surface area contributed by atoms with E-state index in [2.05, 4.69) is 5.32 Å². The summed E-state index contributed by atoms with van der Waals surface area (Å²) in [5.74, 6) is 0.960. The van der Waals surface area contributed by atoms with Gasteiger partial charge in [0.25, 0.3) is 0 Å². The summed E-state index contributed by atoms with van der Waals surface area (Å²) in [6, 6.07) is 12.9. The summed E-state index contributed by atoms with van der Waals surface area (Å²) >= 11 is 0. The van der Waals surface area contributed by atoms with Crippen LogP contribution in [-0.2, 0) is 4.79 Å². The van der Waals surface area contributed by atoms with Crippen LogP contribution in [0.15, 0.2) is 42.5 Å². The van der Waals surface area contributed by atoms with Crippen molar-refractivity contribution >= 4 is 5.97 Å². The molecule has 25 heavy (non-hydrogen) atoms. The first-order valence-corrected chi connectivity index (χ1v) is 8.59. The molecule has 0 bridgehead atoms. The van der Waals surface area contributed by atoms with Gasteiger partial charge in [0.05, 0.1) is 6.61 Å². The predicted molar refractivity (Wildman–Crippen MR) is 96.0 cm³/mol. The van der Waals surface area contributed by atoms with E-state index in [9.17, 15) is 9.90 Å². The van der Waals surface area contributed by atoms with Crippen LogP contribution in [0, 0.1) is 0 Å². The van der Waals surface area contributed by atoms with Gasteiger partial charge < -0.3 is 19.9 Å². The zero-order chi connectivity index (χ0) is 17.6. The van der Waals surface area contributed by atoms with Crippen molar-refractivity contribution in [2.24, 2.45) is 0 Å². The zero-order valence-corrected chi connectivity index (χ0v) is 14.3. The van der Waals surface area contributed by atoms with Crippen LogP contribution < -0.4 is 14.8 Å². The molecule has 132 valence electrons. The number of carbonyl (C=O) groups excluding carboxylic acids is 1. The summed E-state index contributed by atoms with van der Waals surface area (Å²) in [4.78, 5) is 11.0. The Hall–Kier alpha value is -2.53. The van der Waals surface area contributed by atoms with E-state index in [0.717, 1.165) is 24.1 Å². The second-order valence-corrected chi connectivity index (χ2v) is 6.26. The number of ether oxygens (including phenoxy) is 2. The molecule has 1 unspecified atom stereocenters. The van der Waals surface area contributed by atoms with E-state index in [1.54, 1.807) is 24.3 Å². The van der Waals surface area contributed by atoms with E-state index in [1.165, 1.54) is 19.8 Å². The van der Waals surface area contributed by atoms with Gasteiger partial charge in [-0.2, -0.15) is 0 Å². The molecule has 1 fully saturated rings. The van der Waals surface area contributed by atoms with Crippen molar-refractivity contribution in [3.8, 4) is 28.4 Å². The average Bonchev–Trinajstić information content (AvgIpc) is 3.08. The molecular weight excluding hydrogens is 318 g/mol. The number of phenols is 1. The third kappa shape index (κ3) is 4.97. The minimum Gasteiger partial charge on any atom is -0.508 e. The van der Waals surface area contributed by atoms with Crippen molar-refractivity contribution in [2.75, 3.05) is 13.2 Å². The lowest BCUT2D eigenvalue weighted by molar-refractivity contribution is -0.131. The first-order chi connectivity index (χ1) is 12.1. The van der Waals surface area contributed by atoms with Gasteiger partial charge in [0.15, 0.2) is 0 Å². The molecule has 1 heterocycles. The number of phenolic OH excluding ortho intramolecular Hbond substituents is 1. The molecule has 2 N–H and O–H groups in total. The number of carbonyl (C=O) groups is 1. The predicted octanol–water partition coefficient (Wildman–Crippen LogP) is 3.51. The molecule has 5 heteroatoms. The first kappa shape index (κ1) is 17.3. The fraction of sp³-hybridized carbons (Fsp3) is 0.350. The second kappa shape index (κ2) is 8.03. The van der Waals surface area contributed by atoms with Crippen molar-refractivity contribution in [2.45, 2.75) is 32.2 Å². The van der Waals surface area contributed by atoms with E-state index >= 15 is 0 Å². The van der Waals surface area contributed by atoms with E-state index in [1.807, 2.05) is 18.2 Å². The fourth-order valence-corrected chi connectivity index (χ4v) is 3.04. The average molecular weight is 341 g/mol. The molecule has 1 aliphatic heterocycles. The summed E-state index contributed by atoms with van der Waals surface area (Å²) in [6.07, 6.45) is 3.38. The van der Waals surface area contributed by atoms with Crippen LogP contribution in [0.5, 0.6) is 17.2 Å². The van der Waals surface area contributed by atoms with Gasteiger partial charge in [-0.1, -0.05) is 12.1 Å². The van der Waals surface area contributed by atoms with Gasteiger partial charge in [-0.25, -0.2) is 0 Å². The van der Waals surface area contributed by atoms with E-state index < -0.39 is 0 Å². The lowest BCUT2D eigenvalue weighted by atomic mass is 10.0. The normalized spacial score (nSPS) is 16.6. The maximum atomic E-state index is 11.0. The van der Waals surface area contributed by atoms with Crippen LogP contribution >= 0.6 is 0 Å². The molecule has 0 saturated carbocycles. The Balaban J connectivity index is 1.66. The Morgan fingerprint density at radius 1 is 1.16 bits per heavy atom. The highest BCUT2D eigenvalue weighted by atomic mass is 16.5. The molecule has 0 spiro atoms. The molecule has 0 radical (unpaired) electrons. The minimum atomic E-state index is -0.349. The quantitative estimate of drug-likeness (QED) is 0.622. The Bertz CT molecular complexity index is 721. The Labute approximate surface area is 147 Å². The standard InChI is InChI=1S/C20H23NO4/c1-14(22)25-19-6-4-15(5-7-19)16-11-18(23)13-20(12-16)24-10-8-17-3-2-9-21-17/h4-7,11-13,17,21,23H,2-3,8-10H2,1H3. The molecule has 5 nitrogen and oxygen atoms in total. The first-order valence-electron chi connectivity index (χ1n) is 8.59. The molecule has 1 atom stereocenters. The third-order valence-corrected chi connectivity index (χ3v) is 4.24. The number of hydrogen-bond acceptors (Lipinski definition) is 5. The summed E-state index contributed by atoms with van der Waals surface area (Å²) in [5, 5.41) is 13.4. The zero-order valence-electron chi connectivity index (χ0n) is 14.3. The number of esters is 1. The molecule has 2 aromatic rings. The molecule has 1 aliphatic rings. The second-order valence-electron chi connectivity index (χ2n) is 6.26. The summed E-state index contributed by atoms with van der Waals surface area (Å²) < 4.78 is 10.9. The van der Waals surface area contributed by atoms with Gasteiger partial charge in [-0.3, -0.25) is 4.79 Å². The molecular formula is C20H23NO4. The van der Waals surface area contributed by atoms with Gasteiger partial charge in [-0.05, 0) is 61.2 Å². The van der Waals surface area contributed by atoms with Crippen LogP contribution in [0.25, 0.3) is 11.1 Å². The SMILES string of the molecule is CC(=O)Oc1ccc(-c2cc(O)cc(OCCC3CCCN3)c2)cc1.